The first-order valence-electron chi connectivity index (χ1n) is 5.78. The summed E-state index contributed by atoms with van der Waals surface area (Å²) in [6.45, 7) is 0. The Morgan fingerprint density at radius 2 is 2.20 bits per heavy atom. The second-order valence-electron chi connectivity index (χ2n) is 4.10. The van der Waals surface area contributed by atoms with E-state index in [0.717, 1.165) is 9.58 Å². The number of rotatable bonds is 3. The standard InChI is InChI=1S/C13H10ClN3OS2/c14-7-3-4-9-12(16-6-20-9)11(7)17-13(18)10(15)8-2-1-5-19-8/h1-6,10H,15H2,(H,17,18). The van der Waals surface area contributed by atoms with E-state index in [-0.39, 0.29) is 5.91 Å². The van der Waals surface area contributed by atoms with Crippen molar-refractivity contribution < 1.29 is 4.79 Å². The van der Waals surface area contributed by atoms with Crippen LogP contribution in [0.25, 0.3) is 10.2 Å². The summed E-state index contributed by atoms with van der Waals surface area (Å²) in [6, 6.07) is 6.61. The molecule has 20 heavy (non-hydrogen) atoms. The van der Waals surface area contributed by atoms with Gasteiger partial charge in [-0.1, -0.05) is 17.7 Å². The number of hydrogen-bond donors (Lipinski definition) is 2. The van der Waals surface area contributed by atoms with Crippen LogP contribution in [0, 0.1) is 0 Å². The van der Waals surface area contributed by atoms with Crippen molar-refractivity contribution in [2.24, 2.45) is 5.73 Å². The monoisotopic (exact) mass is 323 g/mol. The fourth-order valence-electron chi connectivity index (χ4n) is 1.82. The van der Waals surface area contributed by atoms with Crippen LogP contribution >= 0.6 is 34.3 Å². The van der Waals surface area contributed by atoms with Gasteiger partial charge in [-0.25, -0.2) is 4.98 Å². The third kappa shape index (κ3) is 2.43. The molecule has 3 aromatic rings. The quantitative estimate of drug-likeness (QED) is 0.773. The van der Waals surface area contributed by atoms with E-state index in [1.54, 1.807) is 11.6 Å². The molecular weight excluding hydrogens is 314 g/mol. The number of nitrogens with one attached hydrogen (secondary N) is 1. The molecule has 1 amide bonds. The highest BCUT2D eigenvalue weighted by atomic mass is 35.5. The van der Waals surface area contributed by atoms with Gasteiger partial charge in [0, 0.05) is 4.88 Å². The fraction of sp³-hybridized carbons (Fsp3) is 0.0769. The molecule has 0 fully saturated rings. The Morgan fingerprint density at radius 3 is 2.95 bits per heavy atom. The van der Waals surface area contributed by atoms with Gasteiger partial charge in [-0.2, -0.15) is 0 Å². The van der Waals surface area contributed by atoms with Gasteiger partial charge in [-0.15, -0.1) is 22.7 Å². The van der Waals surface area contributed by atoms with Crippen LogP contribution in [0.5, 0.6) is 0 Å². The topological polar surface area (TPSA) is 68.0 Å². The van der Waals surface area contributed by atoms with Gasteiger partial charge in [0.1, 0.15) is 11.6 Å². The van der Waals surface area contributed by atoms with Gasteiger partial charge in [0.25, 0.3) is 0 Å². The Hall–Kier alpha value is -1.47. The molecule has 2 heterocycles. The molecular formula is C13H10ClN3OS2. The van der Waals surface area contributed by atoms with Gasteiger partial charge >= 0.3 is 0 Å². The first-order valence-corrected chi connectivity index (χ1v) is 7.92. The summed E-state index contributed by atoms with van der Waals surface area (Å²) in [5, 5.41) is 5.12. The van der Waals surface area contributed by atoms with Crippen LogP contribution in [0.3, 0.4) is 0 Å². The van der Waals surface area contributed by atoms with Crippen LogP contribution < -0.4 is 11.1 Å². The minimum absolute atomic E-state index is 0.296. The average Bonchev–Trinajstić information content (AvgIpc) is 3.11. The maximum atomic E-state index is 12.2. The number of carbonyl (C=O) groups excluding carboxylic acids is 1. The largest absolute Gasteiger partial charge is 0.321 e. The number of amides is 1. The summed E-state index contributed by atoms with van der Waals surface area (Å²) in [5.41, 5.74) is 8.86. The van der Waals surface area contributed by atoms with Crippen LogP contribution in [0.1, 0.15) is 10.9 Å². The number of halogens is 1. The van der Waals surface area contributed by atoms with E-state index in [1.165, 1.54) is 22.7 Å². The number of anilines is 1. The van der Waals surface area contributed by atoms with Gasteiger partial charge in [-0.05, 0) is 23.6 Å². The van der Waals surface area contributed by atoms with E-state index in [4.69, 9.17) is 17.3 Å². The highest BCUT2D eigenvalue weighted by Crippen LogP contribution is 2.33. The zero-order chi connectivity index (χ0) is 14.1. The van der Waals surface area contributed by atoms with E-state index in [9.17, 15) is 4.79 Å². The molecule has 0 bridgehead atoms. The number of thiophene rings is 1. The number of nitrogens with zero attached hydrogens (tertiary/aromatic N) is 1. The summed E-state index contributed by atoms with van der Waals surface area (Å²) in [5.74, 6) is -0.296. The summed E-state index contributed by atoms with van der Waals surface area (Å²) in [6.07, 6.45) is 0. The molecule has 0 radical (unpaired) electrons. The molecule has 102 valence electrons. The summed E-state index contributed by atoms with van der Waals surface area (Å²) in [4.78, 5) is 17.3. The highest BCUT2D eigenvalue weighted by Gasteiger charge is 2.19. The lowest BCUT2D eigenvalue weighted by Gasteiger charge is -2.12. The number of hydrogen-bond acceptors (Lipinski definition) is 5. The van der Waals surface area contributed by atoms with Gasteiger partial charge in [0.05, 0.1) is 20.9 Å². The predicted octanol–water partition coefficient (Wildman–Crippen LogP) is 3.65. The SMILES string of the molecule is NC(C(=O)Nc1c(Cl)ccc2scnc12)c1cccs1. The molecule has 4 nitrogen and oxygen atoms in total. The third-order valence-corrected chi connectivity index (χ3v) is 4.90. The molecule has 0 saturated carbocycles. The lowest BCUT2D eigenvalue weighted by atomic mass is 10.2. The van der Waals surface area contributed by atoms with E-state index >= 15 is 0 Å². The van der Waals surface area contributed by atoms with Crippen LogP contribution in [0.15, 0.2) is 35.2 Å². The number of benzene rings is 1. The fourth-order valence-corrected chi connectivity index (χ4v) is 3.43. The lowest BCUT2D eigenvalue weighted by Crippen LogP contribution is -2.27. The average molecular weight is 324 g/mol. The van der Waals surface area contributed by atoms with Gasteiger partial charge in [0.15, 0.2) is 0 Å². The molecule has 0 saturated heterocycles. The molecule has 2 aromatic heterocycles. The third-order valence-electron chi connectivity index (χ3n) is 2.83. The number of fused-ring (bicyclic) bond motifs is 1. The summed E-state index contributed by atoms with van der Waals surface area (Å²) >= 11 is 9.09. The molecule has 7 heteroatoms. The van der Waals surface area contributed by atoms with E-state index < -0.39 is 6.04 Å². The number of thiazole rings is 1. The van der Waals surface area contributed by atoms with Crippen molar-refractivity contribution in [1.82, 2.24) is 4.98 Å². The second kappa shape index (κ2) is 5.49. The van der Waals surface area contributed by atoms with Gasteiger partial charge in [-0.3, -0.25) is 4.79 Å². The molecule has 0 spiro atoms. The van der Waals surface area contributed by atoms with E-state index in [2.05, 4.69) is 10.3 Å². The molecule has 0 aliphatic rings. The molecule has 3 N–H and O–H groups in total. The Kier molecular flexibility index (Phi) is 3.71. The maximum absolute atomic E-state index is 12.2. The maximum Gasteiger partial charge on any atom is 0.246 e. The number of nitrogens with two attached hydrogens (primary N) is 1. The minimum atomic E-state index is -0.708. The normalized spacial score (nSPS) is 12.5. The Balaban J connectivity index is 1.91. The summed E-state index contributed by atoms with van der Waals surface area (Å²) in [7, 11) is 0. The van der Waals surface area contributed by atoms with Crippen LogP contribution in [0.4, 0.5) is 5.69 Å². The van der Waals surface area contributed by atoms with Crippen molar-refractivity contribution in [3.05, 3.63) is 45.1 Å². The van der Waals surface area contributed by atoms with Crippen molar-refractivity contribution in [3.8, 4) is 0 Å². The van der Waals surface area contributed by atoms with E-state index in [0.29, 0.717) is 16.2 Å². The first kappa shape index (κ1) is 13.5. The Labute approximate surface area is 128 Å². The lowest BCUT2D eigenvalue weighted by molar-refractivity contribution is -0.117. The summed E-state index contributed by atoms with van der Waals surface area (Å²) < 4.78 is 0.967. The van der Waals surface area contributed by atoms with Crippen LogP contribution in [-0.2, 0) is 4.79 Å². The molecule has 0 aliphatic carbocycles. The van der Waals surface area contributed by atoms with Crippen molar-refractivity contribution >= 4 is 56.1 Å². The van der Waals surface area contributed by atoms with Crippen molar-refractivity contribution in [2.45, 2.75) is 6.04 Å². The molecule has 1 atom stereocenters. The molecule has 1 aromatic carbocycles. The van der Waals surface area contributed by atoms with Crippen molar-refractivity contribution in [2.75, 3.05) is 5.32 Å². The smallest absolute Gasteiger partial charge is 0.246 e. The van der Waals surface area contributed by atoms with Gasteiger partial charge in [0.2, 0.25) is 5.91 Å². The minimum Gasteiger partial charge on any atom is -0.321 e. The first-order chi connectivity index (χ1) is 9.66. The number of aromatic nitrogens is 1. The Bertz CT molecular complexity index is 754. The zero-order valence-electron chi connectivity index (χ0n) is 10.2. The van der Waals surface area contributed by atoms with Crippen LogP contribution in [0.2, 0.25) is 5.02 Å². The van der Waals surface area contributed by atoms with Crippen molar-refractivity contribution in [3.63, 3.8) is 0 Å². The van der Waals surface area contributed by atoms with Crippen molar-refractivity contribution in [1.29, 1.82) is 0 Å². The second-order valence-corrected chi connectivity index (χ2v) is 6.38. The predicted molar refractivity (Wildman–Crippen MR) is 84.5 cm³/mol. The molecule has 1 unspecified atom stereocenters. The highest BCUT2D eigenvalue weighted by molar-refractivity contribution is 7.16. The van der Waals surface area contributed by atoms with Crippen LogP contribution in [-0.4, -0.2) is 10.9 Å². The Morgan fingerprint density at radius 1 is 1.35 bits per heavy atom. The molecule has 3 rings (SSSR count). The van der Waals surface area contributed by atoms with Gasteiger partial charge < -0.3 is 11.1 Å². The molecule has 0 aliphatic heterocycles. The zero-order valence-corrected chi connectivity index (χ0v) is 12.6. The number of carbonyl (C=O) groups is 1. The van der Waals surface area contributed by atoms with E-state index in [1.807, 2.05) is 23.6 Å².